The standard InChI is InChI=1S/C28H30N2O6/c1-16(2)15-36-28(32)25-17(3)29-23-13-20(18-8-10-22(35-4)11-9-18)14-24(31)27(23)26(25)19-6-5-7-21(12-19)30(33)34/h5-12,16,20,26,29H,13-15H2,1-4H3/t20-,26-/m0/s1. The van der Waals surface area contributed by atoms with Crippen molar-refractivity contribution in [3.8, 4) is 5.75 Å². The number of benzene rings is 2. The molecule has 8 heteroatoms. The molecule has 0 bridgehead atoms. The highest BCUT2D eigenvalue weighted by molar-refractivity contribution is 6.04. The van der Waals surface area contributed by atoms with Gasteiger partial charge in [-0.1, -0.05) is 38.1 Å². The quantitative estimate of drug-likeness (QED) is 0.324. The van der Waals surface area contributed by atoms with Crippen LogP contribution in [0, 0.1) is 16.0 Å². The lowest BCUT2D eigenvalue weighted by Crippen LogP contribution is -2.36. The second-order valence-electron chi connectivity index (χ2n) is 9.63. The first kappa shape index (κ1) is 25.2. The number of esters is 1. The Morgan fingerprint density at radius 2 is 1.86 bits per heavy atom. The zero-order valence-electron chi connectivity index (χ0n) is 20.9. The van der Waals surface area contributed by atoms with E-state index < -0.39 is 16.8 Å². The van der Waals surface area contributed by atoms with Gasteiger partial charge < -0.3 is 14.8 Å². The number of hydrogen-bond donors (Lipinski definition) is 1. The zero-order valence-corrected chi connectivity index (χ0v) is 20.9. The molecule has 2 atom stereocenters. The number of non-ortho nitro benzene ring substituents is 1. The summed E-state index contributed by atoms with van der Waals surface area (Å²) in [4.78, 5) is 37.9. The molecule has 0 spiro atoms. The molecule has 0 saturated carbocycles. The van der Waals surface area contributed by atoms with Crippen LogP contribution in [0.2, 0.25) is 0 Å². The lowest BCUT2D eigenvalue weighted by molar-refractivity contribution is -0.384. The normalized spacial score (nSPS) is 19.6. The summed E-state index contributed by atoms with van der Waals surface area (Å²) in [5, 5.41) is 14.8. The Labute approximate surface area is 210 Å². The number of carbonyl (C=O) groups excluding carboxylic acids is 2. The zero-order chi connectivity index (χ0) is 26.0. The van der Waals surface area contributed by atoms with E-state index in [1.54, 1.807) is 26.2 Å². The largest absolute Gasteiger partial charge is 0.497 e. The van der Waals surface area contributed by atoms with Gasteiger partial charge in [0.2, 0.25) is 0 Å². The molecule has 0 radical (unpaired) electrons. The molecular weight excluding hydrogens is 460 g/mol. The second-order valence-corrected chi connectivity index (χ2v) is 9.63. The Balaban J connectivity index is 1.77. The first-order valence-electron chi connectivity index (χ1n) is 12.0. The molecule has 2 aromatic rings. The van der Waals surface area contributed by atoms with Crippen molar-refractivity contribution in [1.29, 1.82) is 0 Å². The highest BCUT2D eigenvalue weighted by atomic mass is 16.6. The summed E-state index contributed by atoms with van der Waals surface area (Å²) in [5.74, 6) is -0.526. The maximum Gasteiger partial charge on any atom is 0.336 e. The van der Waals surface area contributed by atoms with Crippen LogP contribution in [0.5, 0.6) is 5.75 Å². The number of nitro benzene ring substituents is 1. The topological polar surface area (TPSA) is 108 Å². The summed E-state index contributed by atoms with van der Waals surface area (Å²) in [6.45, 7) is 5.89. The predicted molar refractivity (Wildman–Crippen MR) is 134 cm³/mol. The average Bonchev–Trinajstić information content (AvgIpc) is 2.86. The Bertz CT molecular complexity index is 1260. The number of methoxy groups -OCH3 is 1. The number of hydrogen-bond acceptors (Lipinski definition) is 7. The van der Waals surface area contributed by atoms with Gasteiger partial charge in [-0.05, 0) is 48.4 Å². The third-order valence-corrected chi connectivity index (χ3v) is 6.60. The lowest BCUT2D eigenvalue weighted by Gasteiger charge is -2.36. The Morgan fingerprint density at radius 1 is 1.14 bits per heavy atom. The molecule has 8 nitrogen and oxygen atoms in total. The maximum absolute atomic E-state index is 13.6. The van der Waals surface area contributed by atoms with Gasteiger partial charge in [0.25, 0.3) is 5.69 Å². The predicted octanol–water partition coefficient (Wildman–Crippen LogP) is 5.16. The van der Waals surface area contributed by atoms with E-state index in [2.05, 4.69) is 5.32 Å². The maximum atomic E-state index is 13.6. The van der Waals surface area contributed by atoms with Crippen LogP contribution in [-0.4, -0.2) is 30.4 Å². The van der Waals surface area contributed by atoms with Crippen LogP contribution in [0.1, 0.15) is 56.6 Å². The molecule has 36 heavy (non-hydrogen) atoms. The summed E-state index contributed by atoms with van der Waals surface area (Å²) >= 11 is 0. The number of nitro groups is 1. The van der Waals surface area contributed by atoms with Crippen molar-refractivity contribution in [1.82, 2.24) is 5.32 Å². The summed E-state index contributed by atoms with van der Waals surface area (Å²) in [6.07, 6.45) is 0.843. The number of dihydropyridines is 1. The van der Waals surface area contributed by atoms with E-state index in [0.717, 1.165) is 17.0 Å². The van der Waals surface area contributed by atoms with Gasteiger partial charge in [0.05, 0.1) is 24.2 Å². The minimum Gasteiger partial charge on any atom is -0.497 e. The van der Waals surface area contributed by atoms with E-state index in [1.165, 1.54) is 12.1 Å². The molecule has 1 heterocycles. The molecule has 0 amide bonds. The van der Waals surface area contributed by atoms with Crippen LogP contribution in [0.15, 0.2) is 71.1 Å². The fraction of sp³-hybridized carbons (Fsp3) is 0.357. The van der Waals surface area contributed by atoms with Gasteiger partial charge in [0, 0.05) is 41.4 Å². The molecule has 0 fully saturated rings. The van der Waals surface area contributed by atoms with Crippen molar-refractivity contribution in [3.05, 3.63) is 92.3 Å². The number of rotatable bonds is 7. The van der Waals surface area contributed by atoms with E-state index in [9.17, 15) is 19.7 Å². The molecule has 0 unspecified atom stereocenters. The number of nitrogens with zero attached hydrogens (tertiary/aromatic N) is 1. The van der Waals surface area contributed by atoms with E-state index in [0.29, 0.717) is 28.8 Å². The van der Waals surface area contributed by atoms with E-state index in [4.69, 9.17) is 9.47 Å². The van der Waals surface area contributed by atoms with Gasteiger partial charge in [-0.15, -0.1) is 0 Å². The van der Waals surface area contributed by atoms with E-state index in [1.807, 2.05) is 38.1 Å². The van der Waals surface area contributed by atoms with Gasteiger partial charge in [0.1, 0.15) is 5.75 Å². The van der Waals surface area contributed by atoms with E-state index >= 15 is 0 Å². The second kappa shape index (κ2) is 10.4. The van der Waals surface area contributed by atoms with Gasteiger partial charge >= 0.3 is 5.97 Å². The fourth-order valence-electron chi connectivity index (χ4n) is 4.89. The smallest absolute Gasteiger partial charge is 0.336 e. The number of carbonyl (C=O) groups is 2. The number of Topliss-reactive ketones (excluding diaryl/α,β-unsaturated/α-hetero) is 1. The Kier molecular flexibility index (Phi) is 7.24. The SMILES string of the molecule is COc1ccc([C@@H]2CC(=O)C3=C(C2)NC(C)=C(C(=O)OCC(C)C)[C@@H]3c2cccc([N+](=O)[O-])c2)cc1. The Morgan fingerprint density at radius 3 is 2.50 bits per heavy atom. The molecule has 188 valence electrons. The molecule has 0 saturated heterocycles. The van der Waals surface area contributed by atoms with Crippen LogP contribution in [0.25, 0.3) is 0 Å². The monoisotopic (exact) mass is 490 g/mol. The fourth-order valence-corrected chi connectivity index (χ4v) is 4.89. The molecule has 1 N–H and O–H groups in total. The van der Waals surface area contributed by atoms with Crippen molar-refractivity contribution < 1.29 is 24.0 Å². The van der Waals surface area contributed by atoms with E-state index in [-0.39, 0.29) is 36.3 Å². The van der Waals surface area contributed by atoms with Crippen LogP contribution >= 0.6 is 0 Å². The number of nitrogens with one attached hydrogen (secondary N) is 1. The molecule has 0 aromatic heterocycles. The molecule has 1 aliphatic heterocycles. The van der Waals surface area contributed by atoms with Crippen LogP contribution in [0.4, 0.5) is 5.69 Å². The number of ether oxygens (including phenoxy) is 2. The van der Waals surface area contributed by atoms with Gasteiger partial charge in [-0.2, -0.15) is 0 Å². The molecule has 2 aromatic carbocycles. The summed E-state index contributed by atoms with van der Waals surface area (Å²) in [5.41, 5.74) is 3.55. The van der Waals surface area contributed by atoms with Gasteiger partial charge in [-0.25, -0.2) is 4.79 Å². The summed E-state index contributed by atoms with van der Waals surface area (Å²) in [6, 6.07) is 13.8. The number of ketones is 1. The molecule has 2 aliphatic rings. The van der Waals surface area contributed by atoms with Gasteiger partial charge in [0.15, 0.2) is 5.78 Å². The van der Waals surface area contributed by atoms with Crippen molar-refractivity contribution in [3.63, 3.8) is 0 Å². The summed E-state index contributed by atoms with van der Waals surface area (Å²) in [7, 11) is 1.61. The molecule has 4 rings (SSSR count). The van der Waals surface area contributed by atoms with Crippen molar-refractivity contribution in [2.45, 2.75) is 45.4 Å². The summed E-state index contributed by atoms with van der Waals surface area (Å²) < 4.78 is 10.8. The third-order valence-electron chi connectivity index (χ3n) is 6.60. The van der Waals surface area contributed by atoms with Crippen molar-refractivity contribution in [2.24, 2.45) is 5.92 Å². The minimum atomic E-state index is -0.745. The molecular formula is C28H30N2O6. The van der Waals surface area contributed by atoms with Crippen LogP contribution < -0.4 is 10.1 Å². The number of allylic oxidation sites excluding steroid dienone is 3. The lowest BCUT2D eigenvalue weighted by atomic mass is 9.71. The van der Waals surface area contributed by atoms with Crippen molar-refractivity contribution in [2.75, 3.05) is 13.7 Å². The average molecular weight is 491 g/mol. The third kappa shape index (κ3) is 5.03. The highest BCUT2D eigenvalue weighted by Gasteiger charge is 2.41. The van der Waals surface area contributed by atoms with Gasteiger partial charge in [-0.3, -0.25) is 14.9 Å². The first-order chi connectivity index (χ1) is 17.2. The van der Waals surface area contributed by atoms with Crippen LogP contribution in [0.3, 0.4) is 0 Å². The van der Waals surface area contributed by atoms with Crippen molar-refractivity contribution >= 4 is 17.4 Å². The first-order valence-corrected chi connectivity index (χ1v) is 12.0. The minimum absolute atomic E-state index is 0.0392. The Hall–Kier alpha value is -3.94. The van der Waals surface area contributed by atoms with Crippen LogP contribution in [-0.2, 0) is 14.3 Å². The molecule has 1 aliphatic carbocycles. The highest BCUT2D eigenvalue weighted by Crippen LogP contribution is 2.46.